The lowest BCUT2D eigenvalue weighted by Gasteiger charge is -2.16. The van der Waals surface area contributed by atoms with Gasteiger partial charge in [-0.05, 0) is 25.5 Å². The van der Waals surface area contributed by atoms with Crippen LogP contribution in [0.3, 0.4) is 0 Å². The molecule has 128 valence electrons. The van der Waals surface area contributed by atoms with Crippen LogP contribution in [0, 0.1) is 0 Å². The minimum absolute atomic E-state index is 0.0135. The maximum absolute atomic E-state index is 12.2. The van der Waals surface area contributed by atoms with Crippen LogP contribution in [0.15, 0.2) is 18.2 Å². The zero-order valence-corrected chi connectivity index (χ0v) is 13.5. The quantitative estimate of drug-likeness (QED) is 0.542. The molecule has 9 heteroatoms. The molecule has 23 heavy (non-hydrogen) atoms. The van der Waals surface area contributed by atoms with E-state index in [0.717, 1.165) is 6.92 Å². The average Bonchev–Trinajstić information content (AvgIpc) is 2.41. The van der Waals surface area contributed by atoms with Crippen molar-refractivity contribution in [3.05, 3.63) is 28.2 Å². The highest BCUT2D eigenvalue weighted by Crippen LogP contribution is 2.28. The minimum Gasteiger partial charge on any atom is -0.453 e. The molecule has 0 bridgehead atoms. The molecule has 1 rings (SSSR count). The Bertz CT molecular complexity index is 576. The van der Waals surface area contributed by atoms with E-state index in [1.807, 2.05) is 0 Å². The molecule has 0 saturated heterocycles. The first-order chi connectivity index (χ1) is 10.6. The Hall–Kier alpha value is -1.47. The SMILES string of the molecule is CC(OC(=O)CCCC(=O)Oc1cc(Cl)ccc1Cl)C(F)(F)F. The van der Waals surface area contributed by atoms with Crippen LogP contribution in [0.5, 0.6) is 5.75 Å². The van der Waals surface area contributed by atoms with Crippen LogP contribution in [0.2, 0.25) is 10.0 Å². The van der Waals surface area contributed by atoms with Crippen molar-refractivity contribution in [2.24, 2.45) is 0 Å². The first kappa shape index (κ1) is 19.6. The van der Waals surface area contributed by atoms with Gasteiger partial charge in [-0.15, -0.1) is 0 Å². The fourth-order valence-electron chi connectivity index (χ4n) is 1.43. The molecule has 0 aliphatic heterocycles. The lowest BCUT2D eigenvalue weighted by molar-refractivity contribution is -0.216. The number of ether oxygens (including phenoxy) is 2. The van der Waals surface area contributed by atoms with Gasteiger partial charge in [0.25, 0.3) is 0 Å². The third-order valence-electron chi connectivity index (χ3n) is 2.65. The number of hydrogen-bond donors (Lipinski definition) is 0. The van der Waals surface area contributed by atoms with Gasteiger partial charge < -0.3 is 9.47 Å². The first-order valence-electron chi connectivity index (χ1n) is 6.51. The third kappa shape index (κ3) is 7.09. The van der Waals surface area contributed by atoms with E-state index in [1.165, 1.54) is 18.2 Å². The van der Waals surface area contributed by atoms with Crippen molar-refractivity contribution in [3.8, 4) is 5.75 Å². The van der Waals surface area contributed by atoms with Crippen molar-refractivity contribution in [1.29, 1.82) is 0 Å². The number of rotatable bonds is 6. The normalized spacial score (nSPS) is 12.6. The number of benzene rings is 1. The molecule has 1 aromatic carbocycles. The zero-order valence-electron chi connectivity index (χ0n) is 12.0. The van der Waals surface area contributed by atoms with Gasteiger partial charge in [-0.2, -0.15) is 13.2 Å². The van der Waals surface area contributed by atoms with E-state index in [0.29, 0.717) is 5.02 Å². The van der Waals surface area contributed by atoms with Crippen LogP contribution in [-0.4, -0.2) is 24.2 Å². The fraction of sp³-hybridized carbons (Fsp3) is 0.429. The van der Waals surface area contributed by atoms with Crippen LogP contribution in [0.4, 0.5) is 13.2 Å². The van der Waals surface area contributed by atoms with Gasteiger partial charge in [-0.3, -0.25) is 9.59 Å². The molecule has 4 nitrogen and oxygen atoms in total. The Balaban J connectivity index is 2.37. The van der Waals surface area contributed by atoms with Crippen molar-refractivity contribution >= 4 is 35.1 Å². The van der Waals surface area contributed by atoms with Gasteiger partial charge in [0.05, 0.1) is 5.02 Å². The molecule has 0 heterocycles. The van der Waals surface area contributed by atoms with Gasteiger partial charge >= 0.3 is 18.1 Å². The summed E-state index contributed by atoms with van der Waals surface area (Å²) in [5.74, 6) is -1.66. The van der Waals surface area contributed by atoms with Crippen molar-refractivity contribution in [1.82, 2.24) is 0 Å². The summed E-state index contributed by atoms with van der Waals surface area (Å²) in [6.07, 6.45) is -7.33. The van der Waals surface area contributed by atoms with Crippen LogP contribution >= 0.6 is 23.2 Å². The number of halogens is 5. The van der Waals surface area contributed by atoms with E-state index < -0.39 is 24.2 Å². The molecule has 0 fully saturated rings. The summed E-state index contributed by atoms with van der Waals surface area (Å²) < 4.78 is 45.7. The number of carbonyl (C=O) groups excluding carboxylic acids is 2. The smallest absolute Gasteiger partial charge is 0.425 e. The van der Waals surface area contributed by atoms with Crippen LogP contribution in [0.25, 0.3) is 0 Å². The number of alkyl halides is 3. The summed E-state index contributed by atoms with van der Waals surface area (Å²) in [5.41, 5.74) is 0. The molecule has 0 radical (unpaired) electrons. The highest BCUT2D eigenvalue weighted by atomic mass is 35.5. The molecular weight excluding hydrogens is 360 g/mol. The highest BCUT2D eigenvalue weighted by molar-refractivity contribution is 6.34. The lowest BCUT2D eigenvalue weighted by Crippen LogP contribution is -2.30. The van der Waals surface area contributed by atoms with Gasteiger partial charge in [0.1, 0.15) is 0 Å². The zero-order chi connectivity index (χ0) is 17.6. The Labute approximate surface area is 140 Å². The molecule has 0 spiro atoms. The Morgan fingerprint density at radius 2 is 1.78 bits per heavy atom. The van der Waals surface area contributed by atoms with E-state index in [1.54, 1.807) is 0 Å². The summed E-state index contributed by atoms with van der Waals surface area (Å²) in [5, 5.41) is 0.503. The van der Waals surface area contributed by atoms with Gasteiger partial charge in [0, 0.05) is 23.9 Å². The Morgan fingerprint density at radius 3 is 2.39 bits per heavy atom. The lowest BCUT2D eigenvalue weighted by atomic mass is 10.2. The molecule has 1 aromatic rings. The number of esters is 2. The third-order valence-corrected chi connectivity index (χ3v) is 3.20. The van der Waals surface area contributed by atoms with E-state index in [9.17, 15) is 22.8 Å². The topological polar surface area (TPSA) is 52.6 Å². The van der Waals surface area contributed by atoms with Gasteiger partial charge in [-0.25, -0.2) is 0 Å². The Morgan fingerprint density at radius 1 is 1.17 bits per heavy atom. The average molecular weight is 373 g/mol. The second-order valence-corrected chi connectivity index (χ2v) is 5.42. The van der Waals surface area contributed by atoms with Gasteiger partial charge in [0.2, 0.25) is 0 Å². The summed E-state index contributed by atoms with van der Waals surface area (Å²) in [7, 11) is 0. The molecule has 1 unspecified atom stereocenters. The van der Waals surface area contributed by atoms with E-state index in [4.69, 9.17) is 27.9 Å². The molecule has 0 aliphatic rings. The summed E-state index contributed by atoms with van der Waals surface area (Å²) >= 11 is 11.5. The monoisotopic (exact) mass is 372 g/mol. The molecule has 1 atom stereocenters. The maximum Gasteiger partial charge on any atom is 0.425 e. The van der Waals surface area contributed by atoms with Gasteiger partial charge in [0.15, 0.2) is 11.9 Å². The van der Waals surface area contributed by atoms with Crippen molar-refractivity contribution < 1.29 is 32.2 Å². The van der Waals surface area contributed by atoms with Crippen LogP contribution in [0.1, 0.15) is 26.2 Å². The highest BCUT2D eigenvalue weighted by Gasteiger charge is 2.38. The maximum atomic E-state index is 12.2. The number of carbonyl (C=O) groups is 2. The minimum atomic E-state index is -4.61. The van der Waals surface area contributed by atoms with Crippen LogP contribution in [-0.2, 0) is 14.3 Å². The second-order valence-electron chi connectivity index (χ2n) is 4.58. The van der Waals surface area contributed by atoms with Crippen molar-refractivity contribution in [2.75, 3.05) is 0 Å². The fourth-order valence-corrected chi connectivity index (χ4v) is 1.75. The van der Waals surface area contributed by atoms with E-state index in [2.05, 4.69) is 4.74 Å². The summed E-state index contributed by atoms with van der Waals surface area (Å²) in [6, 6.07) is 4.31. The molecular formula is C14H13Cl2F3O4. The molecule has 0 aliphatic carbocycles. The van der Waals surface area contributed by atoms with Gasteiger partial charge in [-0.1, -0.05) is 23.2 Å². The van der Waals surface area contributed by atoms with Crippen LogP contribution < -0.4 is 4.74 Å². The standard InChI is InChI=1S/C14H13Cl2F3O4/c1-8(14(17,18)19)22-12(20)3-2-4-13(21)23-11-7-9(15)5-6-10(11)16/h5-8H,2-4H2,1H3. The summed E-state index contributed by atoms with van der Waals surface area (Å²) in [4.78, 5) is 22.8. The largest absolute Gasteiger partial charge is 0.453 e. The van der Waals surface area contributed by atoms with E-state index >= 15 is 0 Å². The molecule has 0 aromatic heterocycles. The Kier molecular flexibility index (Phi) is 7.15. The summed E-state index contributed by atoms with van der Waals surface area (Å²) in [6.45, 7) is 0.729. The van der Waals surface area contributed by atoms with E-state index in [-0.39, 0.29) is 30.0 Å². The molecule has 0 N–H and O–H groups in total. The molecule has 0 saturated carbocycles. The van der Waals surface area contributed by atoms with Crippen molar-refractivity contribution in [3.63, 3.8) is 0 Å². The second kappa shape index (κ2) is 8.40. The predicted molar refractivity (Wildman–Crippen MR) is 77.6 cm³/mol. The number of hydrogen-bond acceptors (Lipinski definition) is 4. The molecule has 0 amide bonds. The predicted octanol–water partition coefficient (Wildman–Crippen LogP) is 4.56. The van der Waals surface area contributed by atoms with Crippen molar-refractivity contribution in [2.45, 2.75) is 38.5 Å². The first-order valence-corrected chi connectivity index (χ1v) is 7.27.